The quantitative estimate of drug-likeness (QED) is 0.558. The summed E-state index contributed by atoms with van der Waals surface area (Å²) >= 11 is 12.0. The highest BCUT2D eigenvalue weighted by molar-refractivity contribution is 7.90. The van der Waals surface area contributed by atoms with E-state index in [2.05, 4.69) is 10.2 Å². The number of amides is 1. The lowest BCUT2D eigenvalue weighted by Crippen LogP contribution is -2.29. The number of methoxy groups -OCH3 is 2. The molecule has 0 aliphatic carbocycles. The molecule has 0 unspecified atom stereocenters. The molecular weight excluding hydrogens is 457 g/mol. The summed E-state index contributed by atoms with van der Waals surface area (Å²) in [6.07, 6.45) is 0. The second-order valence-corrected chi connectivity index (χ2v) is 8.82. The molecule has 1 amide bonds. The lowest BCUT2D eigenvalue weighted by Gasteiger charge is -2.12. The van der Waals surface area contributed by atoms with Gasteiger partial charge in [0.2, 0.25) is 11.8 Å². The first-order chi connectivity index (χ1) is 14.3. The Kier molecular flexibility index (Phi) is 5.08. The van der Waals surface area contributed by atoms with E-state index < -0.39 is 22.5 Å². The number of aromatic nitrogens is 2. The van der Waals surface area contributed by atoms with Gasteiger partial charge in [-0.25, -0.2) is 12.7 Å². The molecule has 0 atom stereocenters. The van der Waals surface area contributed by atoms with Crippen molar-refractivity contribution in [2.45, 2.75) is 11.4 Å². The summed E-state index contributed by atoms with van der Waals surface area (Å²) in [5, 5.41) is 8.43. The Morgan fingerprint density at radius 3 is 2.40 bits per heavy atom. The fourth-order valence-corrected chi connectivity index (χ4v) is 4.98. The Hall–Kier alpha value is -2.82. The molecule has 0 N–H and O–H groups in total. The molecule has 1 aromatic heterocycles. The van der Waals surface area contributed by atoms with E-state index in [1.165, 1.54) is 32.4 Å². The number of halogens is 2. The van der Waals surface area contributed by atoms with Crippen molar-refractivity contribution < 1.29 is 27.1 Å². The lowest BCUT2D eigenvalue weighted by molar-refractivity contribution is 0.0857. The normalized spacial score (nSPS) is 14.7. The number of hydrogen-bond acceptors (Lipinski definition) is 8. The molecule has 0 saturated heterocycles. The minimum Gasteiger partial charge on any atom is -0.493 e. The number of sulfonamides is 1. The van der Waals surface area contributed by atoms with E-state index in [0.29, 0.717) is 14.9 Å². The SMILES string of the molecule is COc1cc2c(cc1OC)S(=O)(=O)N(Cc1nnc(-c3ccc(Cl)cc3Cl)o1)C2=O. The Morgan fingerprint density at radius 2 is 1.73 bits per heavy atom. The minimum absolute atomic E-state index is 0.0341. The second kappa shape index (κ2) is 7.46. The van der Waals surface area contributed by atoms with Crippen molar-refractivity contribution in [2.75, 3.05) is 14.2 Å². The van der Waals surface area contributed by atoms with Gasteiger partial charge in [-0.3, -0.25) is 4.79 Å². The van der Waals surface area contributed by atoms with Crippen LogP contribution in [0.5, 0.6) is 11.5 Å². The van der Waals surface area contributed by atoms with Crippen molar-refractivity contribution >= 4 is 39.1 Å². The topological polar surface area (TPSA) is 112 Å². The third-order valence-electron chi connectivity index (χ3n) is 4.42. The average molecular weight is 470 g/mol. The number of carbonyl (C=O) groups excluding carboxylic acids is 1. The zero-order valence-corrected chi connectivity index (χ0v) is 17.9. The predicted octanol–water partition coefficient (Wildman–Crippen LogP) is 3.41. The number of ether oxygens (including phenoxy) is 2. The summed E-state index contributed by atoms with van der Waals surface area (Å²) in [4.78, 5) is 12.6. The third kappa shape index (κ3) is 3.26. The van der Waals surface area contributed by atoms with Gasteiger partial charge in [-0.05, 0) is 24.3 Å². The van der Waals surface area contributed by atoms with Crippen molar-refractivity contribution in [1.29, 1.82) is 0 Å². The predicted molar refractivity (Wildman–Crippen MR) is 106 cm³/mol. The van der Waals surface area contributed by atoms with E-state index in [-0.39, 0.29) is 38.8 Å². The van der Waals surface area contributed by atoms with Gasteiger partial charge in [0.25, 0.3) is 15.9 Å². The van der Waals surface area contributed by atoms with Gasteiger partial charge in [0, 0.05) is 11.1 Å². The number of benzene rings is 2. The highest BCUT2D eigenvalue weighted by Crippen LogP contribution is 2.39. The van der Waals surface area contributed by atoms with Gasteiger partial charge in [0.1, 0.15) is 11.4 Å². The number of nitrogens with zero attached hydrogens (tertiary/aromatic N) is 3. The molecule has 0 fully saturated rings. The van der Waals surface area contributed by atoms with Crippen molar-refractivity contribution in [3.05, 3.63) is 51.8 Å². The number of fused-ring (bicyclic) bond motifs is 1. The van der Waals surface area contributed by atoms with Gasteiger partial charge in [-0.1, -0.05) is 23.2 Å². The van der Waals surface area contributed by atoms with Crippen molar-refractivity contribution in [3.8, 4) is 23.0 Å². The molecule has 30 heavy (non-hydrogen) atoms. The van der Waals surface area contributed by atoms with E-state index in [1.54, 1.807) is 12.1 Å². The second-order valence-electron chi connectivity index (χ2n) is 6.15. The van der Waals surface area contributed by atoms with Crippen LogP contribution in [-0.4, -0.2) is 43.0 Å². The molecule has 2 heterocycles. The van der Waals surface area contributed by atoms with Crippen LogP contribution in [0, 0.1) is 0 Å². The van der Waals surface area contributed by atoms with Crippen LogP contribution >= 0.6 is 23.2 Å². The van der Waals surface area contributed by atoms with Gasteiger partial charge in [-0.15, -0.1) is 10.2 Å². The third-order valence-corrected chi connectivity index (χ3v) is 6.73. The highest BCUT2D eigenvalue weighted by atomic mass is 35.5. The molecule has 9 nitrogen and oxygen atoms in total. The van der Waals surface area contributed by atoms with Crippen LogP contribution in [0.4, 0.5) is 0 Å². The first-order valence-corrected chi connectivity index (χ1v) is 10.6. The summed E-state index contributed by atoms with van der Waals surface area (Å²) in [6, 6.07) is 7.26. The first kappa shape index (κ1) is 20.5. The molecule has 4 rings (SSSR count). The highest BCUT2D eigenvalue weighted by Gasteiger charge is 2.43. The summed E-state index contributed by atoms with van der Waals surface area (Å²) < 4.78 is 42.3. The Labute approximate surface area is 181 Å². The zero-order valence-electron chi connectivity index (χ0n) is 15.5. The average Bonchev–Trinajstić information content (AvgIpc) is 3.24. The first-order valence-electron chi connectivity index (χ1n) is 8.37. The van der Waals surface area contributed by atoms with Gasteiger partial charge < -0.3 is 13.9 Å². The fourth-order valence-electron chi connectivity index (χ4n) is 2.97. The number of hydrogen-bond donors (Lipinski definition) is 0. The summed E-state index contributed by atoms with van der Waals surface area (Å²) in [5.41, 5.74) is 0.390. The van der Waals surface area contributed by atoms with E-state index >= 15 is 0 Å². The maximum absolute atomic E-state index is 12.9. The fraction of sp³-hybridized carbons (Fsp3) is 0.167. The van der Waals surface area contributed by atoms with Crippen LogP contribution in [0.1, 0.15) is 16.2 Å². The minimum atomic E-state index is -4.14. The maximum atomic E-state index is 12.9. The maximum Gasteiger partial charge on any atom is 0.269 e. The summed E-state index contributed by atoms with van der Waals surface area (Å²) in [5.74, 6) is -0.336. The molecule has 2 aromatic carbocycles. The van der Waals surface area contributed by atoms with Crippen LogP contribution in [0.2, 0.25) is 10.0 Å². The smallest absolute Gasteiger partial charge is 0.269 e. The number of carbonyl (C=O) groups is 1. The molecular formula is C18H13Cl2N3O6S. The van der Waals surface area contributed by atoms with Gasteiger partial charge in [0.15, 0.2) is 11.5 Å². The molecule has 12 heteroatoms. The Balaban J connectivity index is 1.67. The van der Waals surface area contributed by atoms with Crippen molar-refractivity contribution in [1.82, 2.24) is 14.5 Å². The standard InChI is InChI=1S/C18H13Cl2N3O6S/c1-27-13-6-11-15(7-14(13)28-2)30(25,26)23(18(11)24)8-16-21-22-17(29-16)10-4-3-9(19)5-12(10)20/h3-7H,8H2,1-2H3. The van der Waals surface area contributed by atoms with Gasteiger partial charge in [-0.2, -0.15) is 0 Å². The molecule has 156 valence electrons. The van der Waals surface area contributed by atoms with Gasteiger partial charge in [0.05, 0.1) is 30.4 Å². The Bertz CT molecular complexity index is 1270. The lowest BCUT2D eigenvalue weighted by atomic mass is 10.2. The molecule has 1 aliphatic heterocycles. The van der Waals surface area contributed by atoms with Gasteiger partial charge >= 0.3 is 0 Å². The monoisotopic (exact) mass is 469 g/mol. The van der Waals surface area contributed by atoms with Crippen LogP contribution < -0.4 is 9.47 Å². The number of rotatable bonds is 5. The van der Waals surface area contributed by atoms with Crippen molar-refractivity contribution in [2.24, 2.45) is 0 Å². The molecule has 1 aliphatic rings. The van der Waals surface area contributed by atoms with E-state index in [4.69, 9.17) is 37.1 Å². The summed E-state index contributed by atoms with van der Waals surface area (Å²) in [6.45, 7) is -0.446. The zero-order chi connectivity index (χ0) is 21.6. The van der Waals surface area contributed by atoms with Crippen LogP contribution in [-0.2, 0) is 16.6 Å². The van der Waals surface area contributed by atoms with E-state index in [0.717, 1.165) is 0 Å². The summed E-state index contributed by atoms with van der Waals surface area (Å²) in [7, 11) is -1.39. The van der Waals surface area contributed by atoms with E-state index in [1.807, 2.05) is 0 Å². The van der Waals surface area contributed by atoms with E-state index in [9.17, 15) is 13.2 Å². The molecule has 3 aromatic rings. The largest absolute Gasteiger partial charge is 0.493 e. The van der Waals surface area contributed by atoms with Crippen LogP contribution in [0.3, 0.4) is 0 Å². The van der Waals surface area contributed by atoms with Crippen LogP contribution in [0.25, 0.3) is 11.5 Å². The Morgan fingerprint density at radius 1 is 1.03 bits per heavy atom. The van der Waals surface area contributed by atoms with Crippen molar-refractivity contribution in [3.63, 3.8) is 0 Å². The van der Waals surface area contributed by atoms with Crippen LogP contribution in [0.15, 0.2) is 39.6 Å². The molecule has 0 saturated carbocycles. The molecule has 0 radical (unpaired) electrons. The molecule has 0 spiro atoms. The molecule has 0 bridgehead atoms.